The van der Waals surface area contributed by atoms with Gasteiger partial charge in [0.25, 0.3) is 0 Å². The molecule has 1 heterocycles. The second kappa shape index (κ2) is 6.06. The normalized spacial score (nSPS) is 15.1. The zero-order chi connectivity index (χ0) is 13.8. The summed E-state index contributed by atoms with van der Waals surface area (Å²) in [6.07, 6.45) is 1.58. The molecule has 1 aliphatic heterocycles. The first-order valence-electron chi connectivity index (χ1n) is 6.77. The molecule has 0 saturated heterocycles. The third-order valence-corrected chi connectivity index (χ3v) is 3.31. The number of hydrogen-bond donors (Lipinski definition) is 2. The molecule has 0 fully saturated rings. The van der Waals surface area contributed by atoms with Gasteiger partial charge in [-0.1, -0.05) is 26.0 Å². The van der Waals surface area contributed by atoms with Crippen molar-refractivity contribution in [3.63, 3.8) is 0 Å². The van der Waals surface area contributed by atoms with Crippen molar-refractivity contribution in [2.75, 3.05) is 6.61 Å². The molecule has 0 amide bonds. The van der Waals surface area contributed by atoms with Crippen LogP contribution in [-0.4, -0.2) is 23.7 Å². The molecule has 1 aliphatic rings. The van der Waals surface area contributed by atoms with Gasteiger partial charge in [0, 0.05) is 13.0 Å². The number of ether oxygens (including phenoxy) is 1. The zero-order valence-electron chi connectivity index (χ0n) is 11.5. The monoisotopic (exact) mass is 263 g/mol. The molecular weight excluding hydrogens is 242 g/mol. The molecule has 0 bridgehead atoms. The molecule has 0 aromatic heterocycles. The molecular formula is C15H21NO3. The van der Waals surface area contributed by atoms with Crippen LogP contribution in [-0.2, 0) is 17.8 Å². The van der Waals surface area contributed by atoms with E-state index in [2.05, 4.69) is 11.4 Å². The average Bonchev–Trinajstić information content (AvgIpc) is 2.80. The zero-order valence-corrected chi connectivity index (χ0v) is 11.5. The molecule has 1 unspecified atom stereocenters. The predicted molar refractivity (Wildman–Crippen MR) is 73.4 cm³/mol. The van der Waals surface area contributed by atoms with Gasteiger partial charge in [0.15, 0.2) is 0 Å². The van der Waals surface area contributed by atoms with E-state index >= 15 is 0 Å². The smallest absolute Gasteiger partial charge is 0.320 e. The van der Waals surface area contributed by atoms with Crippen LogP contribution in [0, 0.1) is 5.92 Å². The van der Waals surface area contributed by atoms with Gasteiger partial charge in [-0.05, 0) is 29.5 Å². The van der Waals surface area contributed by atoms with E-state index in [0.29, 0.717) is 18.9 Å². The van der Waals surface area contributed by atoms with Crippen molar-refractivity contribution in [1.82, 2.24) is 5.32 Å². The van der Waals surface area contributed by atoms with Crippen molar-refractivity contribution in [2.45, 2.75) is 39.3 Å². The molecule has 2 rings (SSSR count). The van der Waals surface area contributed by atoms with E-state index in [9.17, 15) is 9.90 Å². The molecule has 19 heavy (non-hydrogen) atoms. The second-order valence-corrected chi connectivity index (χ2v) is 5.44. The maximum absolute atomic E-state index is 11.2. The lowest BCUT2D eigenvalue weighted by Gasteiger charge is -2.16. The Morgan fingerprint density at radius 3 is 2.95 bits per heavy atom. The lowest BCUT2D eigenvalue weighted by molar-refractivity contribution is -0.140. The molecule has 1 atom stereocenters. The molecule has 0 saturated carbocycles. The Balaban J connectivity index is 1.95. The molecule has 4 heteroatoms. The number of nitrogens with one attached hydrogen (secondary N) is 1. The second-order valence-electron chi connectivity index (χ2n) is 5.44. The average molecular weight is 263 g/mol. The summed E-state index contributed by atoms with van der Waals surface area (Å²) in [5, 5.41) is 12.3. The number of carboxylic acid groups (broad SMARTS) is 1. The summed E-state index contributed by atoms with van der Waals surface area (Å²) in [5.74, 6) is 0.543. The van der Waals surface area contributed by atoms with E-state index in [1.54, 1.807) is 0 Å². The molecule has 104 valence electrons. The van der Waals surface area contributed by atoms with Gasteiger partial charge in [-0.2, -0.15) is 0 Å². The fourth-order valence-corrected chi connectivity index (χ4v) is 2.33. The fourth-order valence-electron chi connectivity index (χ4n) is 2.33. The number of benzene rings is 1. The van der Waals surface area contributed by atoms with Crippen LogP contribution in [0.4, 0.5) is 0 Å². The van der Waals surface area contributed by atoms with Crippen molar-refractivity contribution in [2.24, 2.45) is 5.92 Å². The molecule has 2 N–H and O–H groups in total. The molecule has 1 aromatic rings. The summed E-state index contributed by atoms with van der Waals surface area (Å²) >= 11 is 0. The van der Waals surface area contributed by atoms with Gasteiger partial charge in [0.05, 0.1) is 6.61 Å². The van der Waals surface area contributed by atoms with Gasteiger partial charge >= 0.3 is 5.97 Å². The van der Waals surface area contributed by atoms with Crippen LogP contribution >= 0.6 is 0 Å². The van der Waals surface area contributed by atoms with Crippen LogP contribution < -0.4 is 10.1 Å². The summed E-state index contributed by atoms with van der Waals surface area (Å²) in [7, 11) is 0. The van der Waals surface area contributed by atoms with E-state index < -0.39 is 12.0 Å². The Kier molecular flexibility index (Phi) is 4.43. The highest BCUT2D eigenvalue weighted by Crippen LogP contribution is 2.25. The SMILES string of the molecule is CC(C)CC(NCc1ccc2c(c1)CCO2)C(=O)O. The van der Waals surface area contributed by atoms with Gasteiger partial charge in [-0.3, -0.25) is 4.79 Å². The number of rotatable bonds is 6. The maximum atomic E-state index is 11.2. The predicted octanol–water partition coefficient (Wildman–Crippen LogP) is 2.21. The minimum Gasteiger partial charge on any atom is -0.493 e. The Labute approximate surface area is 113 Å². The molecule has 0 spiro atoms. The first kappa shape index (κ1) is 13.9. The van der Waals surface area contributed by atoms with Gasteiger partial charge in [0.1, 0.15) is 11.8 Å². The number of hydrogen-bond acceptors (Lipinski definition) is 3. The number of carbonyl (C=O) groups is 1. The van der Waals surface area contributed by atoms with Gasteiger partial charge in [-0.15, -0.1) is 0 Å². The Morgan fingerprint density at radius 1 is 1.47 bits per heavy atom. The Bertz CT molecular complexity index is 457. The summed E-state index contributed by atoms with van der Waals surface area (Å²) in [6, 6.07) is 5.58. The van der Waals surface area contributed by atoms with E-state index in [0.717, 1.165) is 24.3 Å². The largest absolute Gasteiger partial charge is 0.493 e. The summed E-state index contributed by atoms with van der Waals surface area (Å²) < 4.78 is 5.46. The van der Waals surface area contributed by atoms with E-state index in [4.69, 9.17) is 4.74 Å². The number of carboxylic acids is 1. The highest BCUT2D eigenvalue weighted by Gasteiger charge is 2.18. The van der Waals surface area contributed by atoms with Gasteiger partial charge in [0.2, 0.25) is 0 Å². The quantitative estimate of drug-likeness (QED) is 0.826. The lowest BCUT2D eigenvalue weighted by atomic mass is 10.0. The Morgan fingerprint density at radius 2 is 2.26 bits per heavy atom. The van der Waals surface area contributed by atoms with Crippen LogP contribution in [0.1, 0.15) is 31.4 Å². The third kappa shape index (κ3) is 3.70. The first-order chi connectivity index (χ1) is 9.06. The standard InChI is InChI=1S/C15H21NO3/c1-10(2)7-13(15(17)18)16-9-11-3-4-14-12(8-11)5-6-19-14/h3-4,8,10,13,16H,5-7,9H2,1-2H3,(H,17,18). The molecule has 0 aliphatic carbocycles. The van der Waals surface area contributed by atoms with Crippen LogP contribution in [0.5, 0.6) is 5.75 Å². The minimum atomic E-state index is -0.779. The van der Waals surface area contributed by atoms with Gasteiger partial charge in [-0.25, -0.2) is 0 Å². The summed E-state index contributed by atoms with van der Waals surface area (Å²) in [5.41, 5.74) is 2.33. The fraction of sp³-hybridized carbons (Fsp3) is 0.533. The number of aliphatic carboxylic acids is 1. The van der Waals surface area contributed by atoms with Gasteiger partial charge < -0.3 is 15.2 Å². The molecule has 4 nitrogen and oxygen atoms in total. The van der Waals surface area contributed by atoms with Crippen LogP contribution in [0.3, 0.4) is 0 Å². The highest BCUT2D eigenvalue weighted by molar-refractivity contribution is 5.73. The molecule has 0 radical (unpaired) electrons. The van der Waals surface area contributed by atoms with E-state index in [1.165, 1.54) is 5.56 Å². The van der Waals surface area contributed by atoms with Crippen molar-refractivity contribution in [1.29, 1.82) is 0 Å². The van der Waals surface area contributed by atoms with Crippen molar-refractivity contribution < 1.29 is 14.6 Å². The highest BCUT2D eigenvalue weighted by atomic mass is 16.5. The minimum absolute atomic E-state index is 0.363. The first-order valence-corrected chi connectivity index (χ1v) is 6.77. The number of fused-ring (bicyclic) bond motifs is 1. The van der Waals surface area contributed by atoms with Crippen LogP contribution in [0.15, 0.2) is 18.2 Å². The van der Waals surface area contributed by atoms with Crippen molar-refractivity contribution in [3.05, 3.63) is 29.3 Å². The lowest BCUT2D eigenvalue weighted by Crippen LogP contribution is -2.37. The van der Waals surface area contributed by atoms with Crippen LogP contribution in [0.25, 0.3) is 0 Å². The molecule has 1 aromatic carbocycles. The topological polar surface area (TPSA) is 58.6 Å². The summed E-state index contributed by atoms with van der Waals surface area (Å²) in [6.45, 7) is 5.39. The van der Waals surface area contributed by atoms with Crippen LogP contribution in [0.2, 0.25) is 0 Å². The summed E-state index contributed by atoms with van der Waals surface area (Å²) in [4.78, 5) is 11.2. The van der Waals surface area contributed by atoms with Crippen molar-refractivity contribution >= 4 is 5.97 Å². The van der Waals surface area contributed by atoms with E-state index in [1.807, 2.05) is 26.0 Å². The maximum Gasteiger partial charge on any atom is 0.320 e. The van der Waals surface area contributed by atoms with Crippen molar-refractivity contribution in [3.8, 4) is 5.75 Å². The Hall–Kier alpha value is -1.55. The third-order valence-electron chi connectivity index (χ3n) is 3.31. The van der Waals surface area contributed by atoms with E-state index in [-0.39, 0.29) is 0 Å².